The van der Waals surface area contributed by atoms with Crippen LogP contribution in [0.2, 0.25) is 0 Å². The predicted octanol–water partition coefficient (Wildman–Crippen LogP) is 2.19. The van der Waals surface area contributed by atoms with Crippen molar-refractivity contribution in [3.63, 3.8) is 0 Å². The average molecular weight is 406 g/mol. The van der Waals surface area contributed by atoms with Gasteiger partial charge in [-0.3, -0.25) is 9.59 Å². The summed E-state index contributed by atoms with van der Waals surface area (Å²) in [6.45, 7) is 3.19. The number of hydrogen-bond donors (Lipinski definition) is 1. The quantitative estimate of drug-likeness (QED) is 0.595. The smallest absolute Gasteiger partial charge is 0.336 e. The van der Waals surface area contributed by atoms with E-state index in [1.54, 1.807) is 31.2 Å². The molecular weight excluding hydrogens is 384 g/mol. The standard InChI is InChI=1S/C20H22FNO7/c1-10-18(22-14-6-4-13-5-7-17(25)29-15(13)8-14)20(28-12(3)24)19(27-11(2)23)16(9-21)26-10/h4-8,10,16,18-20,22H,9H2,1-3H3/t10?,16?,18?,19-,20-/m0/s1/i21-1. The van der Waals surface area contributed by atoms with E-state index in [1.165, 1.54) is 19.9 Å². The minimum Gasteiger partial charge on any atom is -0.456 e. The highest BCUT2D eigenvalue weighted by atomic mass is 18.2. The van der Waals surface area contributed by atoms with E-state index >= 15 is 0 Å². The largest absolute Gasteiger partial charge is 0.456 e. The molecule has 1 aromatic carbocycles. The monoisotopic (exact) mass is 406 g/mol. The van der Waals surface area contributed by atoms with E-state index in [9.17, 15) is 18.8 Å². The molecule has 1 aliphatic rings. The number of carbonyl (C=O) groups is 2. The fraction of sp³-hybridized carbons (Fsp3) is 0.450. The third kappa shape index (κ3) is 4.73. The summed E-state index contributed by atoms with van der Waals surface area (Å²) >= 11 is 0. The second-order valence-electron chi connectivity index (χ2n) is 6.86. The highest BCUT2D eigenvalue weighted by molar-refractivity contribution is 5.80. The molecule has 1 aliphatic heterocycles. The molecule has 8 nitrogen and oxygen atoms in total. The van der Waals surface area contributed by atoms with Crippen molar-refractivity contribution in [3.8, 4) is 0 Å². The van der Waals surface area contributed by atoms with Crippen molar-refractivity contribution in [1.29, 1.82) is 0 Å². The molecule has 0 saturated carbocycles. The molecule has 3 unspecified atom stereocenters. The van der Waals surface area contributed by atoms with Gasteiger partial charge in [0.05, 0.1) is 12.1 Å². The summed E-state index contributed by atoms with van der Waals surface area (Å²) in [6, 6.07) is 7.44. The second-order valence-corrected chi connectivity index (χ2v) is 6.86. The van der Waals surface area contributed by atoms with Gasteiger partial charge in [0, 0.05) is 37.1 Å². The Morgan fingerprint density at radius 1 is 1.10 bits per heavy atom. The number of carbonyl (C=O) groups excluding carboxylic acids is 2. The first-order valence-corrected chi connectivity index (χ1v) is 9.15. The number of hydrogen-bond acceptors (Lipinski definition) is 8. The molecule has 29 heavy (non-hydrogen) atoms. The van der Waals surface area contributed by atoms with E-state index < -0.39 is 54.7 Å². The highest BCUT2D eigenvalue weighted by Crippen LogP contribution is 2.30. The fourth-order valence-corrected chi connectivity index (χ4v) is 3.45. The van der Waals surface area contributed by atoms with Crippen molar-refractivity contribution in [2.45, 2.75) is 51.2 Å². The van der Waals surface area contributed by atoms with Crippen LogP contribution < -0.4 is 10.9 Å². The lowest BCUT2D eigenvalue weighted by Crippen LogP contribution is -2.62. The fourth-order valence-electron chi connectivity index (χ4n) is 3.45. The molecule has 1 fully saturated rings. The molecule has 2 aromatic rings. The van der Waals surface area contributed by atoms with Crippen LogP contribution in [0.1, 0.15) is 20.8 Å². The summed E-state index contributed by atoms with van der Waals surface area (Å²) in [5.74, 6) is -1.25. The second kappa shape index (κ2) is 8.60. The minimum absolute atomic E-state index is 0.370. The van der Waals surface area contributed by atoms with Crippen LogP contribution in [0.4, 0.5) is 10.1 Å². The van der Waals surface area contributed by atoms with Crippen molar-refractivity contribution in [2.24, 2.45) is 0 Å². The van der Waals surface area contributed by atoms with Crippen LogP contribution in [0.3, 0.4) is 0 Å². The van der Waals surface area contributed by atoms with Gasteiger partial charge in [-0.15, -0.1) is 0 Å². The average Bonchev–Trinajstić information content (AvgIpc) is 2.65. The first kappa shape index (κ1) is 20.8. The van der Waals surface area contributed by atoms with Gasteiger partial charge in [0.1, 0.15) is 18.4 Å². The van der Waals surface area contributed by atoms with E-state index in [0.29, 0.717) is 11.3 Å². The molecule has 3 rings (SSSR count). The van der Waals surface area contributed by atoms with E-state index in [-0.39, 0.29) is 0 Å². The molecular formula is C20H22FNO7. The summed E-state index contributed by atoms with van der Waals surface area (Å²) in [6.07, 6.45) is -3.75. The molecule has 1 saturated heterocycles. The molecule has 2 heterocycles. The van der Waals surface area contributed by atoms with Crippen LogP contribution in [0.15, 0.2) is 39.5 Å². The Morgan fingerprint density at radius 3 is 2.41 bits per heavy atom. The number of fused-ring (bicyclic) bond motifs is 1. The maximum Gasteiger partial charge on any atom is 0.336 e. The first-order valence-electron chi connectivity index (χ1n) is 9.15. The van der Waals surface area contributed by atoms with Gasteiger partial charge in [-0.05, 0) is 25.1 Å². The maximum absolute atomic E-state index is 13.5. The molecule has 9 heteroatoms. The third-order valence-corrected chi connectivity index (χ3v) is 4.65. The van der Waals surface area contributed by atoms with Crippen molar-refractivity contribution in [3.05, 3.63) is 40.8 Å². The number of nitrogens with one attached hydrogen (secondary N) is 1. The molecule has 156 valence electrons. The number of esters is 2. The Labute approximate surface area is 165 Å². The number of rotatable bonds is 5. The number of halogens is 1. The van der Waals surface area contributed by atoms with Gasteiger partial charge < -0.3 is 23.9 Å². The summed E-state index contributed by atoms with van der Waals surface area (Å²) < 4.78 is 35.0. The summed E-state index contributed by atoms with van der Waals surface area (Å²) in [7, 11) is 0. The van der Waals surface area contributed by atoms with Crippen molar-refractivity contribution in [2.75, 3.05) is 12.0 Å². The zero-order valence-corrected chi connectivity index (χ0v) is 16.2. The van der Waals surface area contributed by atoms with Gasteiger partial charge in [-0.1, -0.05) is 0 Å². The van der Waals surface area contributed by atoms with Gasteiger partial charge in [-0.2, -0.15) is 0 Å². The summed E-state index contributed by atoms with van der Waals surface area (Å²) in [5, 5.41) is 3.90. The normalized spacial score (nSPS) is 26.7. The van der Waals surface area contributed by atoms with Gasteiger partial charge in [-0.25, -0.2) is 9.18 Å². The molecule has 0 radical (unpaired) electrons. The van der Waals surface area contributed by atoms with Crippen molar-refractivity contribution < 1.29 is 32.6 Å². The third-order valence-electron chi connectivity index (χ3n) is 4.65. The molecule has 0 aliphatic carbocycles. The van der Waals surface area contributed by atoms with Crippen molar-refractivity contribution >= 4 is 28.6 Å². The topological polar surface area (TPSA) is 104 Å². The lowest BCUT2D eigenvalue weighted by Gasteiger charge is -2.44. The number of alkyl halides is 1. The number of ether oxygens (including phenoxy) is 3. The van der Waals surface area contributed by atoms with Gasteiger partial charge >= 0.3 is 17.6 Å². The van der Waals surface area contributed by atoms with Gasteiger partial charge in [0.2, 0.25) is 0 Å². The maximum atomic E-state index is 13.5. The van der Waals surface area contributed by atoms with E-state index in [4.69, 9.17) is 18.6 Å². The summed E-state index contributed by atoms with van der Waals surface area (Å²) in [4.78, 5) is 34.7. The zero-order chi connectivity index (χ0) is 21.1. The molecule has 1 N–H and O–H groups in total. The lowest BCUT2D eigenvalue weighted by molar-refractivity contribution is -0.209. The van der Waals surface area contributed by atoms with E-state index in [2.05, 4.69) is 5.32 Å². The molecule has 5 atom stereocenters. The lowest BCUT2D eigenvalue weighted by atomic mass is 9.92. The van der Waals surface area contributed by atoms with Crippen molar-refractivity contribution in [1.82, 2.24) is 0 Å². The Morgan fingerprint density at radius 2 is 1.76 bits per heavy atom. The van der Waals surface area contributed by atoms with Crippen LogP contribution in [-0.2, 0) is 23.8 Å². The van der Waals surface area contributed by atoms with Crippen LogP contribution in [-0.4, -0.2) is 49.1 Å². The highest BCUT2D eigenvalue weighted by Gasteiger charge is 2.48. The molecule has 0 amide bonds. The Bertz CT molecular complexity index is 959. The predicted molar refractivity (Wildman–Crippen MR) is 101 cm³/mol. The number of anilines is 1. The van der Waals surface area contributed by atoms with E-state index in [1.807, 2.05) is 0 Å². The van der Waals surface area contributed by atoms with Crippen LogP contribution >= 0.6 is 0 Å². The molecule has 1 aromatic heterocycles. The summed E-state index contributed by atoms with van der Waals surface area (Å²) in [5.41, 5.74) is 0.446. The van der Waals surface area contributed by atoms with Crippen LogP contribution in [0.5, 0.6) is 0 Å². The molecule has 0 bridgehead atoms. The first-order chi connectivity index (χ1) is 13.8. The van der Waals surface area contributed by atoms with Crippen LogP contribution in [0.25, 0.3) is 11.0 Å². The number of benzene rings is 1. The Balaban J connectivity index is 1.94. The van der Waals surface area contributed by atoms with E-state index in [0.717, 1.165) is 5.39 Å². The minimum atomic E-state index is -1.12. The zero-order valence-electron chi connectivity index (χ0n) is 16.2. The Kier molecular flexibility index (Phi) is 6.17. The Hall–Kier alpha value is -2.94. The van der Waals surface area contributed by atoms with Gasteiger partial charge in [0.25, 0.3) is 0 Å². The SMILES string of the molecule is CC(=O)O[C@H]1C(C[18F])OC(C)C(Nc2ccc3ccc(=O)oc3c2)[C@@H]1OC(C)=O. The molecule has 0 spiro atoms. The van der Waals surface area contributed by atoms with Gasteiger partial charge in [0.15, 0.2) is 12.2 Å². The van der Waals surface area contributed by atoms with Crippen LogP contribution in [0, 0.1) is 0 Å².